The number of benzene rings is 2. The molecule has 1 fully saturated rings. The van der Waals surface area contributed by atoms with Crippen LogP contribution in [0.2, 0.25) is 0 Å². The van der Waals surface area contributed by atoms with Crippen LogP contribution in [0, 0.1) is 0 Å². The van der Waals surface area contributed by atoms with Crippen LogP contribution in [-0.2, 0) is 0 Å². The number of hydrogen-bond acceptors (Lipinski definition) is 1. The van der Waals surface area contributed by atoms with Gasteiger partial charge in [-0.1, -0.05) is 55.8 Å². The van der Waals surface area contributed by atoms with Crippen molar-refractivity contribution in [1.29, 1.82) is 0 Å². The molecule has 100 valence electrons. The summed E-state index contributed by atoms with van der Waals surface area (Å²) in [5.41, 5.74) is 1.56. The molecule has 2 atom stereocenters. The van der Waals surface area contributed by atoms with Crippen molar-refractivity contribution < 1.29 is 0 Å². The average molecular weight is 253 g/mol. The van der Waals surface area contributed by atoms with Gasteiger partial charge in [0.25, 0.3) is 0 Å². The zero-order valence-electron chi connectivity index (χ0n) is 11.7. The summed E-state index contributed by atoms with van der Waals surface area (Å²) < 4.78 is 0. The highest BCUT2D eigenvalue weighted by atomic mass is 14.9. The third-order valence-corrected chi connectivity index (χ3v) is 4.43. The molecule has 1 aliphatic rings. The Morgan fingerprint density at radius 1 is 1.05 bits per heavy atom. The van der Waals surface area contributed by atoms with Crippen LogP contribution in [0.1, 0.15) is 44.1 Å². The monoisotopic (exact) mass is 253 g/mol. The highest BCUT2D eigenvalue weighted by Gasteiger charge is 2.23. The SMILES string of the molecule is CCNC1CCCC(c2cccc3ccccc23)C1. The Morgan fingerprint density at radius 2 is 1.89 bits per heavy atom. The van der Waals surface area contributed by atoms with E-state index in [1.54, 1.807) is 5.56 Å². The second kappa shape index (κ2) is 5.75. The summed E-state index contributed by atoms with van der Waals surface area (Å²) in [6.07, 6.45) is 5.33. The predicted molar refractivity (Wildman–Crippen MR) is 82.6 cm³/mol. The molecule has 2 unspecified atom stereocenters. The lowest BCUT2D eigenvalue weighted by atomic mass is 9.80. The van der Waals surface area contributed by atoms with E-state index in [1.165, 1.54) is 36.5 Å². The Balaban J connectivity index is 1.91. The number of nitrogens with one attached hydrogen (secondary N) is 1. The normalized spacial score (nSPS) is 23.6. The van der Waals surface area contributed by atoms with E-state index in [9.17, 15) is 0 Å². The third-order valence-electron chi connectivity index (χ3n) is 4.43. The maximum atomic E-state index is 3.63. The van der Waals surface area contributed by atoms with Crippen LogP contribution in [0.3, 0.4) is 0 Å². The van der Waals surface area contributed by atoms with Crippen molar-refractivity contribution in [3.63, 3.8) is 0 Å². The molecule has 1 N–H and O–H groups in total. The van der Waals surface area contributed by atoms with E-state index in [1.807, 2.05) is 0 Å². The quantitative estimate of drug-likeness (QED) is 0.850. The highest BCUT2D eigenvalue weighted by Crippen LogP contribution is 2.36. The van der Waals surface area contributed by atoms with Crippen molar-refractivity contribution in [1.82, 2.24) is 5.32 Å². The zero-order valence-corrected chi connectivity index (χ0v) is 11.7. The Kier molecular flexibility index (Phi) is 3.84. The van der Waals surface area contributed by atoms with Gasteiger partial charge in [0.05, 0.1) is 0 Å². The summed E-state index contributed by atoms with van der Waals surface area (Å²) in [6.45, 7) is 3.30. The molecule has 0 amide bonds. The van der Waals surface area contributed by atoms with E-state index < -0.39 is 0 Å². The van der Waals surface area contributed by atoms with E-state index >= 15 is 0 Å². The van der Waals surface area contributed by atoms with Crippen molar-refractivity contribution in [2.24, 2.45) is 0 Å². The minimum Gasteiger partial charge on any atom is -0.314 e. The molecule has 3 rings (SSSR count). The van der Waals surface area contributed by atoms with Crippen molar-refractivity contribution >= 4 is 10.8 Å². The average Bonchev–Trinajstić information content (AvgIpc) is 2.47. The van der Waals surface area contributed by atoms with Gasteiger partial charge in [-0.05, 0) is 48.1 Å². The molecule has 2 aromatic carbocycles. The maximum Gasteiger partial charge on any atom is 0.00727 e. The van der Waals surface area contributed by atoms with Crippen molar-refractivity contribution in [2.45, 2.75) is 44.6 Å². The first-order chi connectivity index (χ1) is 9.38. The van der Waals surface area contributed by atoms with E-state index in [2.05, 4.69) is 54.7 Å². The topological polar surface area (TPSA) is 12.0 Å². The van der Waals surface area contributed by atoms with Gasteiger partial charge in [0.1, 0.15) is 0 Å². The van der Waals surface area contributed by atoms with Crippen molar-refractivity contribution in [3.05, 3.63) is 48.0 Å². The molecular formula is C18H23N. The fourth-order valence-electron chi connectivity index (χ4n) is 3.55. The molecule has 0 radical (unpaired) electrons. The van der Waals surface area contributed by atoms with Crippen LogP contribution >= 0.6 is 0 Å². The number of rotatable bonds is 3. The fraction of sp³-hybridized carbons (Fsp3) is 0.444. The largest absolute Gasteiger partial charge is 0.314 e. The summed E-state index contributed by atoms with van der Waals surface area (Å²) in [5.74, 6) is 0.726. The van der Waals surface area contributed by atoms with E-state index in [4.69, 9.17) is 0 Å². The molecule has 0 heterocycles. The van der Waals surface area contributed by atoms with Gasteiger partial charge in [-0.25, -0.2) is 0 Å². The lowest BCUT2D eigenvalue weighted by molar-refractivity contribution is 0.345. The maximum absolute atomic E-state index is 3.63. The van der Waals surface area contributed by atoms with Crippen LogP contribution in [-0.4, -0.2) is 12.6 Å². The lowest BCUT2D eigenvalue weighted by Crippen LogP contribution is -2.33. The highest BCUT2D eigenvalue weighted by molar-refractivity contribution is 5.86. The Bertz CT molecular complexity index is 539. The summed E-state index contributed by atoms with van der Waals surface area (Å²) in [6, 6.07) is 16.3. The Labute approximate surface area is 116 Å². The molecule has 0 aliphatic heterocycles. The Morgan fingerprint density at radius 3 is 2.79 bits per heavy atom. The first-order valence-electron chi connectivity index (χ1n) is 7.59. The molecule has 2 aromatic rings. The van der Waals surface area contributed by atoms with Gasteiger partial charge in [-0.2, -0.15) is 0 Å². The van der Waals surface area contributed by atoms with Gasteiger partial charge >= 0.3 is 0 Å². The minimum absolute atomic E-state index is 0.711. The van der Waals surface area contributed by atoms with E-state index in [0.717, 1.165) is 12.5 Å². The van der Waals surface area contributed by atoms with Crippen LogP contribution in [0.15, 0.2) is 42.5 Å². The van der Waals surface area contributed by atoms with Gasteiger partial charge in [-0.3, -0.25) is 0 Å². The van der Waals surface area contributed by atoms with Gasteiger partial charge in [0.2, 0.25) is 0 Å². The molecule has 19 heavy (non-hydrogen) atoms. The predicted octanol–water partition coefficient (Wildman–Crippen LogP) is 4.48. The zero-order chi connectivity index (χ0) is 13.1. The van der Waals surface area contributed by atoms with Crippen LogP contribution < -0.4 is 5.32 Å². The molecule has 0 aromatic heterocycles. The van der Waals surface area contributed by atoms with Gasteiger partial charge in [0.15, 0.2) is 0 Å². The van der Waals surface area contributed by atoms with E-state index in [0.29, 0.717) is 6.04 Å². The van der Waals surface area contributed by atoms with Crippen LogP contribution in [0.25, 0.3) is 10.8 Å². The third kappa shape index (κ3) is 2.66. The summed E-state index contributed by atoms with van der Waals surface area (Å²) in [7, 11) is 0. The molecular weight excluding hydrogens is 230 g/mol. The van der Waals surface area contributed by atoms with Crippen LogP contribution in [0.4, 0.5) is 0 Å². The standard InChI is InChI=1S/C18H23N/c1-2-19-16-10-5-9-15(13-16)18-12-6-8-14-7-3-4-11-17(14)18/h3-4,6-8,11-12,15-16,19H,2,5,9-10,13H2,1H3. The second-order valence-electron chi connectivity index (χ2n) is 5.69. The minimum atomic E-state index is 0.711. The molecule has 1 saturated carbocycles. The molecule has 1 aliphatic carbocycles. The second-order valence-corrected chi connectivity index (χ2v) is 5.69. The molecule has 0 bridgehead atoms. The van der Waals surface area contributed by atoms with Gasteiger partial charge < -0.3 is 5.32 Å². The number of fused-ring (bicyclic) bond motifs is 1. The molecule has 1 heteroatoms. The van der Waals surface area contributed by atoms with Gasteiger partial charge in [-0.15, -0.1) is 0 Å². The number of hydrogen-bond donors (Lipinski definition) is 1. The van der Waals surface area contributed by atoms with Crippen molar-refractivity contribution in [2.75, 3.05) is 6.54 Å². The summed E-state index contributed by atoms with van der Waals surface area (Å²) >= 11 is 0. The molecule has 0 saturated heterocycles. The van der Waals surface area contributed by atoms with Crippen LogP contribution in [0.5, 0.6) is 0 Å². The fourth-order valence-corrected chi connectivity index (χ4v) is 3.55. The molecule has 0 spiro atoms. The summed E-state index contributed by atoms with van der Waals surface area (Å²) in [5, 5.41) is 6.46. The molecule has 1 nitrogen and oxygen atoms in total. The van der Waals surface area contributed by atoms with Gasteiger partial charge in [0, 0.05) is 6.04 Å². The van der Waals surface area contributed by atoms with Crippen molar-refractivity contribution in [3.8, 4) is 0 Å². The summed E-state index contributed by atoms with van der Waals surface area (Å²) in [4.78, 5) is 0. The lowest BCUT2D eigenvalue weighted by Gasteiger charge is -2.30. The van der Waals surface area contributed by atoms with E-state index in [-0.39, 0.29) is 0 Å². The first kappa shape index (κ1) is 12.7. The Hall–Kier alpha value is -1.34. The smallest absolute Gasteiger partial charge is 0.00727 e. The first-order valence-corrected chi connectivity index (χ1v) is 7.59.